The van der Waals surface area contributed by atoms with E-state index in [1.54, 1.807) is 49.5 Å². The number of anilines is 1. The highest BCUT2D eigenvalue weighted by Crippen LogP contribution is 2.17. The van der Waals surface area contributed by atoms with Crippen molar-refractivity contribution >= 4 is 17.5 Å². The van der Waals surface area contributed by atoms with Gasteiger partial charge in [-0.3, -0.25) is 9.59 Å². The van der Waals surface area contributed by atoms with Gasteiger partial charge in [-0.15, -0.1) is 0 Å². The van der Waals surface area contributed by atoms with E-state index in [-0.39, 0.29) is 17.9 Å². The summed E-state index contributed by atoms with van der Waals surface area (Å²) >= 11 is 0. The standard InChI is InChI=1S/C18H20N2O3/c1-12(2)23-16-9-5-7-14(11-16)18(22)20-15-8-4-6-13(10-15)17(21)19-3/h4-12H,1-3H3,(H,19,21)(H,20,22). The summed E-state index contributed by atoms with van der Waals surface area (Å²) in [6, 6.07) is 13.8. The summed E-state index contributed by atoms with van der Waals surface area (Å²) < 4.78 is 5.59. The third-order valence-corrected chi connectivity index (χ3v) is 3.08. The second-order valence-corrected chi connectivity index (χ2v) is 5.31. The van der Waals surface area contributed by atoms with Gasteiger partial charge in [-0.05, 0) is 50.2 Å². The van der Waals surface area contributed by atoms with E-state index in [4.69, 9.17) is 4.74 Å². The quantitative estimate of drug-likeness (QED) is 0.891. The van der Waals surface area contributed by atoms with Crippen molar-refractivity contribution in [2.75, 3.05) is 12.4 Å². The SMILES string of the molecule is CNC(=O)c1cccc(NC(=O)c2cccc(OC(C)C)c2)c1. The van der Waals surface area contributed by atoms with Gasteiger partial charge >= 0.3 is 0 Å². The molecule has 2 aromatic rings. The Balaban J connectivity index is 2.14. The van der Waals surface area contributed by atoms with Crippen LogP contribution < -0.4 is 15.4 Å². The number of benzene rings is 2. The second kappa shape index (κ2) is 7.45. The lowest BCUT2D eigenvalue weighted by molar-refractivity contribution is 0.0961. The van der Waals surface area contributed by atoms with E-state index in [0.717, 1.165) is 0 Å². The minimum atomic E-state index is -0.256. The molecule has 0 aliphatic heterocycles. The third-order valence-electron chi connectivity index (χ3n) is 3.08. The normalized spacial score (nSPS) is 10.3. The molecular formula is C18H20N2O3. The summed E-state index contributed by atoms with van der Waals surface area (Å²) in [6.45, 7) is 3.86. The first-order valence-electron chi connectivity index (χ1n) is 7.40. The van der Waals surface area contributed by atoms with Crippen LogP contribution in [-0.2, 0) is 0 Å². The van der Waals surface area contributed by atoms with Gasteiger partial charge in [-0.1, -0.05) is 12.1 Å². The van der Waals surface area contributed by atoms with Crippen LogP contribution in [0.2, 0.25) is 0 Å². The third kappa shape index (κ3) is 4.57. The van der Waals surface area contributed by atoms with Crippen molar-refractivity contribution in [3.05, 3.63) is 59.7 Å². The zero-order valence-electron chi connectivity index (χ0n) is 13.4. The second-order valence-electron chi connectivity index (χ2n) is 5.31. The van der Waals surface area contributed by atoms with E-state index in [0.29, 0.717) is 22.6 Å². The summed E-state index contributed by atoms with van der Waals surface area (Å²) in [5.74, 6) is 0.188. The molecule has 0 aromatic heterocycles. The monoisotopic (exact) mass is 312 g/mol. The predicted molar refractivity (Wildman–Crippen MR) is 90.0 cm³/mol. The minimum absolute atomic E-state index is 0.0394. The van der Waals surface area contributed by atoms with Crippen molar-refractivity contribution in [1.82, 2.24) is 5.32 Å². The molecule has 5 nitrogen and oxygen atoms in total. The van der Waals surface area contributed by atoms with Crippen LogP contribution in [0.15, 0.2) is 48.5 Å². The summed E-state index contributed by atoms with van der Waals surface area (Å²) in [5.41, 5.74) is 1.54. The lowest BCUT2D eigenvalue weighted by Crippen LogP contribution is -2.18. The van der Waals surface area contributed by atoms with E-state index in [1.165, 1.54) is 0 Å². The molecular weight excluding hydrogens is 292 g/mol. The van der Waals surface area contributed by atoms with E-state index in [2.05, 4.69) is 10.6 Å². The molecule has 0 radical (unpaired) electrons. The average molecular weight is 312 g/mol. The first-order chi connectivity index (χ1) is 11.0. The Morgan fingerprint density at radius 3 is 2.26 bits per heavy atom. The molecule has 0 atom stereocenters. The van der Waals surface area contributed by atoms with Gasteiger partial charge in [0, 0.05) is 23.9 Å². The van der Waals surface area contributed by atoms with Crippen molar-refractivity contribution in [3.63, 3.8) is 0 Å². The highest BCUT2D eigenvalue weighted by molar-refractivity contribution is 6.05. The van der Waals surface area contributed by atoms with Crippen LogP contribution in [0.25, 0.3) is 0 Å². The molecule has 2 rings (SSSR count). The summed E-state index contributed by atoms with van der Waals surface area (Å²) in [4.78, 5) is 24.0. The molecule has 0 saturated carbocycles. The molecule has 0 spiro atoms. The van der Waals surface area contributed by atoms with Crippen LogP contribution in [0, 0.1) is 0 Å². The van der Waals surface area contributed by atoms with E-state index >= 15 is 0 Å². The topological polar surface area (TPSA) is 67.4 Å². The fourth-order valence-corrected chi connectivity index (χ4v) is 2.07. The maximum atomic E-state index is 12.3. The molecule has 0 aliphatic rings. The molecule has 0 saturated heterocycles. The van der Waals surface area contributed by atoms with Crippen LogP contribution in [0.3, 0.4) is 0 Å². The molecule has 2 aromatic carbocycles. The lowest BCUT2D eigenvalue weighted by atomic mass is 10.1. The number of ether oxygens (including phenoxy) is 1. The molecule has 23 heavy (non-hydrogen) atoms. The first-order valence-corrected chi connectivity index (χ1v) is 7.40. The van der Waals surface area contributed by atoms with Crippen LogP contribution >= 0.6 is 0 Å². The molecule has 0 fully saturated rings. The highest BCUT2D eigenvalue weighted by Gasteiger charge is 2.10. The van der Waals surface area contributed by atoms with Gasteiger partial charge in [-0.2, -0.15) is 0 Å². The Morgan fingerprint density at radius 2 is 1.61 bits per heavy atom. The molecule has 5 heteroatoms. The maximum absolute atomic E-state index is 12.3. The van der Waals surface area contributed by atoms with Crippen LogP contribution in [-0.4, -0.2) is 25.0 Å². The number of hydrogen-bond acceptors (Lipinski definition) is 3. The van der Waals surface area contributed by atoms with Crippen molar-refractivity contribution in [2.45, 2.75) is 20.0 Å². The zero-order valence-corrected chi connectivity index (χ0v) is 13.4. The number of carbonyl (C=O) groups is 2. The van der Waals surface area contributed by atoms with Crippen molar-refractivity contribution in [1.29, 1.82) is 0 Å². The van der Waals surface area contributed by atoms with E-state index in [9.17, 15) is 9.59 Å². The fourth-order valence-electron chi connectivity index (χ4n) is 2.07. The molecule has 2 N–H and O–H groups in total. The molecule has 0 bridgehead atoms. The molecule has 2 amide bonds. The molecule has 120 valence electrons. The van der Waals surface area contributed by atoms with Crippen molar-refractivity contribution in [3.8, 4) is 5.75 Å². The Hall–Kier alpha value is -2.82. The Bertz CT molecular complexity index is 711. The molecule has 0 heterocycles. The maximum Gasteiger partial charge on any atom is 0.255 e. The van der Waals surface area contributed by atoms with Gasteiger partial charge in [0.05, 0.1) is 6.10 Å². The van der Waals surface area contributed by atoms with E-state index < -0.39 is 0 Å². The Labute approximate surface area is 135 Å². The van der Waals surface area contributed by atoms with Crippen LogP contribution in [0.5, 0.6) is 5.75 Å². The number of amides is 2. The van der Waals surface area contributed by atoms with Crippen molar-refractivity contribution < 1.29 is 14.3 Å². The van der Waals surface area contributed by atoms with Crippen LogP contribution in [0.4, 0.5) is 5.69 Å². The molecule has 0 unspecified atom stereocenters. The number of carbonyl (C=O) groups excluding carboxylic acids is 2. The van der Waals surface area contributed by atoms with Gasteiger partial charge in [-0.25, -0.2) is 0 Å². The van der Waals surface area contributed by atoms with Gasteiger partial charge in [0.25, 0.3) is 11.8 Å². The summed E-state index contributed by atoms with van der Waals surface area (Å²) in [7, 11) is 1.56. The first kappa shape index (κ1) is 16.5. The Kier molecular flexibility index (Phi) is 5.36. The highest BCUT2D eigenvalue weighted by atomic mass is 16.5. The van der Waals surface area contributed by atoms with Crippen molar-refractivity contribution in [2.24, 2.45) is 0 Å². The lowest BCUT2D eigenvalue weighted by Gasteiger charge is -2.11. The van der Waals surface area contributed by atoms with Gasteiger partial charge in [0.1, 0.15) is 5.75 Å². The van der Waals surface area contributed by atoms with Gasteiger partial charge in [0.2, 0.25) is 0 Å². The Morgan fingerprint density at radius 1 is 0.957 bits per heavy atom. The van der Waals surface area contributed by atoms with E-state index in [1.807, 2.05) is 19.9 Å². The molecule has 0 aliphatic carbocycles. The number of rotatable bonds is 5. The minimum Gasteiger partial charge on any atom is -0.491 e. The summed E-state index contributed by atoms with van der Waals surface area (Å²) in [5, 5.41) is 5.33. The largest absolute Gasteiger partial charge is 0.491 e. The fraction of sp³-hybridized carbons (Fsp3) is 0.222. The smallest absolute Gasteiger partial charge is 0.255 e. The average Bonchev–Trinajstić information content (AvgIpc) is 2.54. The number of nitrogens with one attached hydrogen (secondary N) is 2. The number of hydrogen-bond donors (Lipinski definition) is 2. The summed E-state index contributed by atoms with van der Waals surface area (Å²) in [6.07, 6.45) is 0.0394. The zero-order chi connectivity index (χ0) is 16.8. The predicted octanol–water partition coefficient (Wildman–Crippen LogP) is 3.09. The van der Waals surface area contributed by atoms with Gasteiger partial charge in [0.15, 0.2) is 0 Å². The van der Waals surface area contributed by atoms with Crippen LogP contribution in [0.1, 0.15) is 34.6 Å². The van der Waals surface area contributed by atoms with Gasteiger partial charge < -0.3 is 15.4 Å².